The van der Waals surface area contributed by atoms with E-state index in [1.165, 1.54) is 0 Å². The van der Waals surface area contributed by atoms with E-state index >= 15 is 0 Å². The van der Waals surface area contributed by atoms with Gasteiger partial charge in [-0.15, -0.1) is 0 Å². The van der Waals surface area contributed by atoms with Crippen molar-refractivity contribution < 1.29 is 18.7 Å². The lowest BCUT2D eigenvalue weighted by molar-refractivity contribution is -0.117. The average Bonchev–Trinajstić information content (AvgIpc) is 3.39. The molecule has 8 heteroatoms. The zero-order chi connectivity index (χ0) is 27.7. The van der Waals surface area contributed by atoms with Crippen LogP contribution in [0.1, 0.15) is 50.5 Å². The number of nitrogens with two attached hydrogens (primary N) is 1. The van der Waals surface area contributed by atoms with Crippen LogP contribution in [0.3, 0.4) is 0 Å². The fraction of sp³-hybridized carbons (Fsp3) is 0.406. The highest BCUT2D eigenvalue weighted by Crippen LogP contribution is 2.42. The highest BCUT2D eigenvalue weighted by molar-refractivity contribution is 5.92. The second kappa shape index (κ2) is 11.0. The first-order valence-electron chi connectivity index (χ1n) is 14.2. The molecule has 2 amide bonds. The molecule has 1 aromatic heterocycles. The molecule has 0 radical (unpaired) electrons. The first-order valence-corrected chi connectivity index (χ1v) is 14.2. The van der Waals surface area contributed by atoms with Gasteiger partial charge in [0, 0.05) is 42.6 Å². The van der Waals surface area contributed by atoms with Gasteiger partial charge in [0.25, 0.3) is 0 Å². The maximum Gasteiger partial charge on any atom is 0.410 e. The minimum absolute atomic E-state index is 0.0486. The summed E-state index contributed by atoms with van der Waals surface area (Å²) in [6.07, 6.45) is 5.52. The molecule has 7 nitrogen and oxygen atoms in total. The van der Waals surface area contributed by atoms with Crippen LogP contribution in [0.5, 0.6) is 0 Å². The second-order valence-corrected chi connectivity index (χ2v) is 11.5. The Balaban J connectivity index is 1.15. The fourth-order valence-corrected chi connectivity index (χ4v) is 6.41. The molecule has 2 heterocycles. The first-order chi connectivity index (χ1) is 19.4. The van der Waals surface area contributed by atoms with E-state index in [1.54, 1.807) is 6.20 Å². The van der Waals surface area contributed by atoms with Crippen molar-refractivity contribution in [2.45, 2.75) is 62.7 Å². The summed E-state index contributed by atoms with van der Waals surface area (Å²) in [6.45, 7) is 1.13. The lowest BCUT2D eigenvalue weighted by atomic mass is 9.71. The van der Waals surface area contributed by atoms with Crippen LogP contribution < -0.4 is 11.1 Å². The van der Waals surface area contributed by atoms with Gasteiger partial charge in [-0.3, -0.25) is 4.79 Å². The summed E-state index contributed by atoms with van der Waals surface area (Å²) in [5, 5.41) is 3.01. The standard InChI is InChI=1S/C32H35FN4O3/c33-25-18-32(34,19-25)24-10-8-23(9-11-24)28-20-35-29(17-27(28)22-4-2-1-3-5-22)36-30(38)16-21-6-12-26(13-7-21)37-14-15-40-31(37)39/h1-5,8-11,17,20-21,25-26H,6-7,12-16,18-19,34H2,(H,35,36,38)/t21-,25?,26-,32?. The van der Waals surface area contributed by atoms with Gasteiger partial charge in [-0.2, -0.15) is 0 Å². The third kappa shape index (κ3) is 5.45. The van der Waals surface area contributed by atoms with Gasteiger partial charge in [-0.25, -0.2) is 14.2 Å². The molecular formula is C32H35FN4O3. The van der Waals surface area contributed by atoms with E-state index in [9.17, 15) is 14.0 Å². The number of alkyl halides is 1. The summed E-state index contributed by atoms with van der Waals surface area (Å²) in [4.78, 5) is 31.3. The third-order valence-electron chi connectivity index (χ3n) is 8.72. The Morgan fingerprint density at radius 3 is 2.38 bits per heavy atom. The number of hydrogen-bond acceptors (Lipinski definition) is 5. The van der Waals surface area contributed by atoms with Crippen LogP contribution in [-0.2, 0) is 15.1 Å². The normalized spacial score (nSPS) is 26.2. The van der Waals surface area contributed by atoms with Gasteiger partial charge in [0.1, 0.15) is 18.6 Å². The van der Waals surface area contributed by atoms with E-state index in [0.29, 0.717) is 38.2 Å². The number of anilines is 1. The number of halogens is 1. The molecular weight excluding hydrogens is 507 g/mol. The largest absolute Gasteiger partial charge is 0.448 e. The molecule has 1 saturated heterocycles. The van der Waals surface area contributed by atoms with Crippen molar-refractivity contribution >= 4 is 17.8 Å². The van der Waals surface area contributed by atoms with Crippen molar-refractivity contribution in [1.29, 1.82) is 0 Å². The number of amides is 2. The van der Waals surface area contributed by atoms with Crippen molar-refractivity contribution in [1.82, 2.24) is 9.88 Å². The van der Waals surface area contributed by atoms with Crippen molar-refractivity contribution in [3.05, 3.63) is 72.4 Å². The van der Waals surface area contributed by atoms with Crippen molar-refractivity contribution in [3.63, 3.8) is 0 Å². The predicted molar refractivity (Wildman–Crippen MR) is 152 cm³/mol. The maximum absolute atomic E-state index is 13.5. The Bertz CT molecular complexity index is 1370. The van der Waals surface area contributed by atoms with E-state index < -0.39 is 11.7 Å². The molecule has 6 rings (SSSR count). The summed E-state index contributed by atoms with van der Waals surface area (Å²) in [7, 11) is 0. The molecule has 0 unspecified atom stereocenters. The van der Waals surface area contributed by atoms with Gasteiger partial charge in [0.05, 0.1) is 6.54 Å². The van der Waals surface area contributed by atoms with Gasteiger partial charge in [-0.1, -0.05) is 54.6 Å². The molecule has 0 bridgehead atoms. The molecule has 3 aromatic rings. The molecule has 208 valence electrons. The number of ether oxygens (including phenoxy) is 1. The zero-order valence-corrected chi connectivity index (χ0v) is 22.5. The second-order valence-electron chi connectivity index (χ2n) is 11.5. The predicted octanol–water partition coefficient (Wildman–Crippen LogP) is 6.04. The van der Waals surface area contributed by atoms with Crippen molar-refractivity contribution in [2.75, 3.05) is 18.5 Å². The van der Waals surface area contributed by atoms with Gasteiger partial charge in [-0.05, 0) is 59.9 Å². The van der Waals surface area contributed by atoms with Gasteiger partial charge < -0.3 is 20.7 Å². The number of benzene rings is 2. The van der Waals surface area contributed by atoms with Crippen LogP contribution in [0, 0.1) is 5.92 Å². The highest BCUT2D eigenvalue weighted by Gasteiger charge is 2.42. The number of aromatic nitrogens is 1. The lowest BCUT2D eigenvalue weighted by Crippen LogP contribution is -2.50. The van der Waals surface area contributed by atoms with Crippen LogP contribution >= 0.6 is 0 Å². The Morgan fingerprint density at radius 1 is 1.02 bits per heavy atom. The van der Waals surface area contributed by atoms with Crippen LogP contribution in [0.4, 0.5) is 15.0 Å². The number of nitrogens with one attached hydrogen (secondary N) is 1. The first kappa shape index (κ1) is 26.4. The number of nitrogens with zero attached hydrogens (tertiary/aromatic N) is 2. The molecule has 3 aliphatic rings. The monoisotopic (exact) mass is 542 g/mol. The summed E-state index contributed by atoms with van der Waals surface area (Å²) in [5.41, 5.74) is 10.6. The summed E-state index contributed by atoms with van der Waals surface area (Å²) in [6, 6.07) is 20.1. The zero-order valence-electron chi connectivity index (χ0n) is 22.5. The van der Waals surface area contributed by atoms with Gasteiger partial charge >= 0.3 is 6.09 Å². The van der Waals surface area contributed by atoms with Crippen molar-refractivity contribution in [2.24, 2.45) is 11.7 Å². The quantitative estimate of drug-likeness (QED) is 0.379. The smallest absolute Gasteiger partial charge is 0.410 e. The average molecular weight is 543 g/mol. The summed E-state index contributed by atoms with van der Waals surface area (Å²) >= 11 is 0. The molecule has 0 spiro atoms. The molecule has 2 saturated carbocycles. The SMILES string of the molecule is NC1(c2ccc(-c3cnc(NC(=O)C[C@H]4CC[C@H](N5CCOC5=O)CC4)cc3-c3ccccc3)cc2)CC(F)C1. The number of carbonyl (C=O) groups is 2. The van der Waals surface area contributed by atoms with Crippen LogP contribution in [0.2, 0.25) is 0 Å². The van der Waals surface area contributed by atoms with E-state index in [1.807, 2.05) is 65.6 Å². The van der Waals surface area contributed by atoms with E-state index in [0.717, 1.165) is 53.5 Å². The topological polar surface area (TPSA) is 97.5 Å². The highest BCUT2D eigenvalue weighted by atomic mass is 19.1. The Labute approximate surface area is 233 Å². The summed E-state index contributed by atoms with van der Waals surface area (Å²) in [5.74, 6) is 0.755. The number of rotatable bonds is 7. The van der Waals surface area contributed by atoms with E-state index in [4.69, 9.17) is 10.5 Å². The van der Waals surface area contributed by atoms with E-state index in [2.05, 4.69) is 10.3 Å². The Morgan fingerprint density at radius 2 is 1.73 bits per heavy atom. The maximum atomic E-state index is 13.5. The summed E-state index contributed by atoms with van der Waals surface area (Å²) < 4.78 is 18.6. The van der Waals surface area contributed by atoms with Crippen LogP contribution in [-0.4, -0.2) is 47.2 Å². The van der Waals surface area contributed by atoms with Gasteiger partial charge in [0.15, 0.2) is 0 Å². The molecule has 40 heavy (non-hydrogen) atoms. The minimum Gasteiger partial charge on any atom is -0.448 e. The fourth-order valence-electron chi connectivity index (χ4n) is 6.41. The Kier molecular flexibility index (Phi) is 7.27. The van der Waals surface area contributed by atoms with Crippen molar-refractivity contribution in [3.8, 4) is 22.3 Å². The molecule has 3 N–H and O–H groups in total. The molecule has 1 aliphatic heterocycles. The molecule has 0 atom stereocenters. The van der Waals surface area contributed by atoms with Crippen LogP contribution in [0.15, 0.2) is 66.9 Å². The number of cyclic esters (lactones) is 1. The van der Waals surface area contributed by atoms with Crippen LogP contribution in [0.25, 0.3) is 22.3 Å². The molecule has 2 aliphatic carbocycles. The molecule has 2 aromatic carbocycles. The molecule has 3 fully saturated rings. The number of pyridine rings is 1. The third-order valence-corrected chi connectivity index (χ3v) is 8.72. The minimum atomic E-state index is -0.827. The lowest BCUT2D eigenvalue weighted by Gasteiger charge is -2.41. The van der Waals surface area contributed by atoms with Gasteiger partial charge in [0.2, 0.25) is 5.91 Å². The number of hydrogen-bond donors (Lipinski definition) is 2. The van der Waals surface area contributed by atoms with E-state index in [-0.39, 0.29) is 24.0 Å². The number of carbonyl (C=O) groups excluding carboxylic acids is 2. The Hall–Kier alpha value is -3.78.